The SMILES string of the molecule is O=[N+]([O-])c1cc(Br)c(Oc2nc(Cl)ncc2F)c(Br)c1. The quantitative estimate of drug-likeness (QED) is 0.410. The maximum Gasteiger partial charge on any atom is 0.271 e. The molecular formula is C10H3Br2ClFN3O3. The molecule has 0 fully saturated rings. The fourth-order valence-corrected chi connectivity index (χ4v) is 2.70. The van der Waals surface area contributed by atoms with Crippen LogP contribution in [-0.2, 0) is 0 Å². The van der Waals surface area contributed by atoms with E-state index in [0.717, 1.165) is 6.20 Å². The summed E-state index contributed by atoms with van der Waals surface area (Å²) in [5.41, 5.74) is -0.155. The second kappa shape index (κ2) is 5.98. The smallest absolute Gasteiger partial charge is 0.271 e. The van der Waals surface area contributed by atoms with Gasteiger partial charge in [-0.25, -0.2) is 4.98 Å². The molecule has 0 amide bonds. The Kier molecular flexibility index (Phi) is 4.51. The van der Waals surface area contributed by atoms with Gasteiger partial charge >= 0.3 is 0 Å². The fraction of sp³-hybridized carbons (Fsp3) is 0. The number of nitro benzene ring substituents is 1. The van der Waals surface area contributed by atoms with Crippen LogP contribution in [0.4, 0.5) is 10.1 Å². The molecule has 1 aromatic heterocycles. The molecule has 6 nitrogen and oxygen atoms in total. The van der Waals surface area contributed by atoms with E-state index in [4.69, 9.17) is 16.3 Å². The van der Waals surface area contributed by atoms with Crippen molar-refractivity contribution in [3.05, 3.63) is 48.5 Å². The summed E-state index contributed by atoms with van der Waals surface area (Å²) in [6.07, 6.45) is 0.859. The Morgan fingerprint density at radius 1 is 1.35 bits per heavy atom. The van der Waals surface area contributed by atoms with Crippen LogP contribution in [0.1, 0.15) is 0 Å². The van der Waals surface area contributed by atoms with E-state index in [1.54, 1.807) is 0 Å². The Bertz CT molecular complexity index is 678. The highest BCUT2D eigenvalue weighted by molar-refractivity contribution is 9.11. The van der Waals surface area contributed by atoms with E-state index in [1.165, 1.54) is 12.1 Å². The van der Waals surface area contributed by atoms with Crippen molar-refractivity contribution in [1.29, 1.82) is 0 Å². The third-order valence-corrected chi connectivity index (χ3v) is 3.44. The third kappa shape index (κ3) is 3.22. The average molecular weight is 427 g/mol. The van der Waals surface area contributed by atoms with Crippen LogP contribution in [0.3, 0.4) is 0 Å². The first-order valence-corrected chi connectivity index (χ1v) is 6.84. The first-order valence-electron chi connectivity index (χ1n) is 4.88. The zero-order valence-electron chi connectivity index (χ0n) is 9.31. The van der Waals surface area contributed by atoms with Gasteiger partial charge in [0.1, 0.15) is 0 Å². The molecule has 0 saturated heterocycles. The molecule has 104 valence electrons. The molecule has 2 aromatic rings. The van der Waals surface area contributed by atoms with Crippen molar-refractivity contribution in [2.24, 2.45) is 0 Å². The van der Waals surface area contributed by atoms with Gasteiger partial charge in [0.2, 0.25) is 11.1 Å². The topological polar surface area (TPSA) is 78.2 Å². The van der Waals surface area contributed by atoms with Gasteiger partial charge in [0.15, 0.2) is 5.75 Å². The fourth-order valence-electron chi connectivity index (χ4n) is 1.25. The highest BCUT2D eigenvalue weighted by Crippen LogP contribution is 2.39. The molecule has 0 unspecified atom stereocenters. The lowest BCUT2D eigenvalue weighted by Crippen LogP contribution is -1.97. The van der Waals surface area contributed by atoms with Gasteiger partial charge in [0.05, 0.1) is 20.1 Å². The second-order valence-electron chi connectivity index (χ2n) is 3.39. The summed E-state index contributed by atoms with van der Waals surface area (Å²) >= 11 is 11.8. The molecule has 1 aromatic carbocycles. The molecule has 0 N–H and O–H groups in total. The van der Waals surface area contributed by atoms with Crippen LogP contribution >= 0.6 is 43.5 Å². The predicted molar refractivity (Wildman–Crippen MR) is 75.6 cm³/mol. The Morgan fingerprint density at radius 3 is 2.50 bits per heavy atom. The lowest BCUT2D eigenvalue weighted by Gasteiger charge is -2.09. The van der Waals surface area contributed by atoms with Gasteiger partial charge in [-0.05, 0) is 43.5 Å². The van der Waals surface area contributed by atoms with E-state index >= 15 is 0 Å². The predicted octanol–water partition coefficient (Wildman–Crippen LogP) is 4.49. The lowest BCUT2D eigenvalue weighted by molar-refractivity contribution is -0.385. The summed E-state index contributed by atoms with van der Waals surface area (Å²) in [6, 6.07) is 2.45. The van der Waals surface area contributed by atoms with Gasteiger partial charge in [-0.2, -0.15) is 9.37 Å². The van der Waals surface area contributed by atoms with Gasteiger partial charge in [0.25, 0.3) is 11.6 Å². The van der Waals surface area contributed by atoms with Crippen molar-refractivity contribution in [3.63, 3.8) is 0 Å². The van der Waals surface area contributed by atoms with Crippen molar-refractivity contribution in [1.82, 2.24) is 9.97 Å². The summed E-state index contributed by atoms with van der Waals surface area (Å²) in [5.74, 6) is -1.07. The highest BCUT2D eigenvalue weighted by atomic mass is 79.9. The van der Waals surface area contributed by atoms with E-state index in [2.05, 4.69) is 41.8 Å². The molecule has 2 rings (SSSR count). The van der Waals surface area contributed by atoms with Crippen LogP contribution in [0.25, 0.3) is 0 Å². The minimum absolute atomic E-state index is 0.129. The molecule has 20 heavy (non-hydrogen) atoms. The number of nitro groups is 1. The van der Waals surface area contributed by atoms with Crippen molar-refractivity contribution in [2.45, 2.75) is 0 Å². The minimum atomic E-state index is -0.813. The van der Waals surface area contributed by atoms with Crippen molar-refractivity contribution in [2.75, 3.05) is 0 Å². The lowest BCUT2D eigenvalue weighted by atomic mass is 10.3. The standard InChI is InChI=1S/C10H3Br2ClFN3O3/c11-5-1-4(17(18)19)2-6(12)8(5)20-9-7(14)3-15-10(13)16-9/h1-3H. The molecule has 0 aliphatic heterocycles. The van der Waals surface area contributed by atoms with Crippen LogP contribution in [0, 0.1) is 15.9 Å². The van der Waals surface area contributed by atoms with E-state index in [9.17, 15) is 14.5 Å². The van der Waals surface area contributed by atoms with Crippen LogP contribution < -0.4 is 4.74 Å². The number of benzene rings is 1. The molecule has 1 heterocycles. The Balaban J connectivity index is 2.44. The number of halogens is 4. The van der Waals surface area contributed by atoms with Gasteiger partial charge < -0.3 is 4.74 Å². The Hall–Kier alpha value is -1.32. The molecule has 0 atom stereocenters. The second-order valence-corrected chi connectivity index (χ2v) is 5.44. The monoisotopic (exact) mass is 425 g/mol. The number of nitrogens with zero attached hydrogens (tertiary/aromatic N) is 3. The minimum Gasteiger partial charge on any atom is -0.434 e. The number of hydrogen-bond donors (Lipinski definition) is 0. The summed E-state index contributed by atoms with van der Waals surface area (Å²) in [7, 11) is 0. The molecule has 0 aliphatic carbocycles. The molecule has 0 saturated carbocycles. The normalized spacial score (nSPS) is 10.4. The van der Waals surface area contributed by atoms with E-state index in [1.807, 2.05) is 0 Å². The molecule has 0 radical (unpaired) electrons. The third-order valence-electron chi connectivity index (χ3n) is 2.08. The zero-order valence-corrected chi connectivity index (χ0v) is 13.2. The number of ether oxygens (including phenoxy) is 1. The van der Waals surface area contributed by atoms with Crippen LogP contribution in [0.5, 0.6) is 11.6 Å². The zero-order chi connectivity index (χ0) is 14.9. The van der Waals surface area contributed by atoms with Gasteiger partial charge in [-0.1, -0.05) is 0 Å². The van der Waals surface area contributed by atoms with E-state index in [0.29, 0.717) is 0 Å². The van der Waals surface area contributed by atoms with Gasteiger partial charge in [-0.3, -0.25) is 10.1 Å². The average Bonchev–Trinajstić information content (AvgIpc) is 2.37. The molecular weight excluding hydrogens is 424 g/mol. The Labute approximate surface area is 133 Å². The molecule has 10 heteroatoms. The molecule has 0 aliphatic rings. The van der Waals surface area contributed by atoms with Gasteiger partial charge in [0, 0.05) is 12.1 Å². The Morgan fingerprint density at radius 2 is 1.95 bits per heavy atom. The molecule has 0 spiro atoms. The summed E-state index contributed by atoms with van der Waals surface area (Å²) < 4.78 is 19.3. The van der Waals surface area contributed by atoms with Crippen molar-refractivity contribution >= 4 is 49.1 Å². The van der Waals surface area contributed by atoms with Crippen LogP contribution in [-0.4, -0.2) is 14.9 Å². The number of rotatable bonds is 3. The summed E-state index contributed by atoms with van der Waals surface area (Å²) in [4.78, 5) is 17.2. The summed E-state index contributed by atoms with van der Waals surface area (Å²) in [6.45, 7) is 0. The summed E-state index contributed by atoms with van der Waals surface area (Å²) in [5, 5.41) is 10.5. The van der Waals surface area contributed by atoms with Crippen molar-refractivity contribution in [3.8, 4) is 11.6 Å². The first-order chi connectivity index (χ1) is 9.38. The van der Waals surface area contributed by atoms with E-state index < -0.39 is 10.7 Å². The highest BCUT2D eigenvalue weighted by Gasteiger charge is 2.18. The van der Waals surface area contributed by atoms with Crippen LogP contribution in [0.15, 0.2) is 27.3 Å². The van der Waals surface area contributed by atoms with Crippen molar-refractivity contribution < 1.29 is 14.1 Å². The largest absolute Gasteiger partial charge is 0.434 e. The number of non-ortho nitro benzene ring substituents is 1. The maximum atomic E-state index is 13.5. The van der Waals surface area contributed by atoms with E-state index in [-0.39, 0.29) is 31.5 Å². The molecule has 0 bridgehead atoms. The van der Waals surface area contributed by atoms with Crippen LogP contribution in [0.2, 0.25) is 5.28 Å². The number of hydrogen-bond acceptors (Lipinski definition) is 5. The maximum absolute atomic E-state index is 13.5. The number of aromatic nitrogens is 2. The first kappa shape index (κ1) is 15.1. The van der Waals surface area contributed by atoms with Gasteiger partial charge in [-0.15, -0.1) is 0 Å².